The second kappa shape index (κ2) is 8.51. The van der Waals surface area contributed by atoms with Crippen molar-refractivity contribution in [3.05, 3.63) is 11.6 Å². The van der Waals surface area contributed by atoms with Crippen molar-refractivity contribution in [2.45, 2.75) is 52.4 Å². The third-order valence-electron chi connectivity index (χ3n) is 1.94. The Balaban J connectivity index is 3.34. The molecule has 0 spiro atoms. The number of unbranched alkanes of at least 4 members (excludes halogenated alkanes) is 3. The summed E-state index contributed by atoms with van der Waals surface area (Å²) < 4.78 is 0. The first kappa shape index (κ1) is 11.4. The van der Waals surface area contributed by atoms with Crippen molar-refractivity contribution >= 4 is 6.29 Å². The predicted molar refractivity (Wildman–Crippen MR) is 53.2 cm³/mol. The van der Waals surface area contributed by atoms with Crippen LogP contribution >= 0.6 is 0 Å². The maximum atomic E-state index is 10.0. The average Bonchev–Trinajstić information content (AvgIpc) is 2.09. The van der Waals surface area contributed by atoms with E-state index in [1.54, 1.807) is 0 Å². The summed E-state index contributed by atoms with van der Waals surface area (Å²) in [6.07, 6.45) is 9.81. The fraction of sp³-hybridized carbons (Fsp3) is 0.727. The van der Waals surface area contributed by atoms with Crippen LogP contribution in [-0.4, -0.2) is 6.29 Å². The van der Waals surface area contributed by atoms with Crippen molar-refractivity contribution in [2.24, 2.45) is 0 Å². The van der Waals surface area contributed by atoms with Gasteiger partial charge in [0.05, 0.1) is 0 Å². The van der Waals surface area contributed by atoms with Crippen LogP contribution in [0, 0.1) is 0 Å². The van der Waals surface area contributed by atoms with Crippen LogP contribution < -0.4 is 0 Å². The SMILES string of the molecule is CCCC/C(C)=C/CCCC=O. The molecule has 0 saturated heterocycles. The lowest BCUT2D eigenvalue weighted by molar-refractivity contribution is -0.107. The van der Waals surface area contributed by atoms with E-state index >= 15 is 0 Å². The highest BCUT2D eigenvalue weighted by molar-refractivity contribution is 5.49. The first-order valence-electron chi connectivity index (χ1n) is 4.90. The molecule has 0 heterocycles. The zero-order chi connectivity index (χ0) is 9.23. The van der Waals surface area contributed by atoms with E-state index < -0.39 is 0 Å². The van der Waals surface area contributed by atoms with Crippen molar-refractivity contribution in [3.63, 3.8) is 0 Å². The van der Waals surface area contributed by atoms with Crippen molar-refractivity contribution in [3.8, 4) is 0 Å². The van der Waals surface area contributed by atoms with Crippen LogP contribution in [0.15, 0.2) is 11.6 Å². The molecular weight excluding hydrogens is 148 g/mol. The molecule has 0 aliphatic carbocycles. The first-order chi connectivity index (χ1) is 5.81. The molecule has 0 N–H and O–H groups in total. The zero-order valence-electron chi connectivity index (χ0n) is 8.31. The molecule has 0 aromatic carbocycles. The van der Waals surface area contributed by atoms with Gasteiger partial charge in [-0.15, -0.1) is 0 Å². The van der Waals surface area contributed by atoms with Gasteiger partial charge in [0, 0.05) is 6.42 Å². The Labute approximate surface area is 75.9 Å². The molecule has 0 unspecified atom stereocenters. The summed E-state index contributed by atoms with van der Waals surface area (Å²) in [4.78, 5) is 10.0. The molecule has 1 nitrogen and oxygen atoms in total. The second-order valence-corrected chi connectivity index (χ2v) is 3.25. The third-order valence-corrected chi connectivity index (χ3v) is 1.94. The van der Waals surface area contributed by atoms with Crippen LogP contribution in [0.25, 0.3) is 0 Å². The molecule has 12 heavy (non-hydrogen) atoms. The van der Waals surface area contributed by atoms with E-state index in [4.69, 9.17) is 0 Å². The summed E-state index contributed by atoms with van der Waals surface area (Å²) >= 11 is 0. The Kier molecular flexibility index (Phi) is 8.09. The van der Waals surface area contributed by atoms with E-state index in [0.29, 0.717) is 6.42 Å². The standard InChI is InChI=1S/C11H20O/c1-3-4-8-11(2)9-6-5-7-10-12/h9-10H,3-8H2,1-2H3/b11-9+. The molecule has 1 heteroatoms. The maximum Gasteiger partial charge on any atom is 0.120 e. The van der Waals surface area contributed by atoms with E-state index in [0.717, 1.165) is 19.1 Å². The fourth-order valence-corrected chi connectivity index (χ4v) is 1.11. The molecule has 0 atom stereocenters. The van der Waals surface area contributed by atoms with Gasteiger partial charge in [-0.05, 0) is 32.6 Å². The monoisotopic (exact) mass is 168 g/mol. The normalized spacial score (nSPS) is 11.7. The van der Waals surface area contributed by atoms with Crippen molar-refractivity contribution in [1.29, 1.82) is 0 Å². The van der Waals surface area contributed by atoms with Crippen molar-refractivity contribution < 1.29 is 4.79 Å². The summed E-state index contributed by atoms with van der Waals surface area (Å²) in [5.41, 5.74) is 1.47. The van der Waals surface area contributed by atoms with Crippen LogP contribution in [0.3, 0.4) is 0 Å². The number of hydrogen-bond donors (Lipinski definition) is 0. The van der Waals surface area contributed by atoms with Crippen LogP contribution in [0.5, 0.6) is 0 Å². The van der Waals surface area contributed by atoms with Gasteiger partial charge >= 0.3 is 0 Å². The first-order valence-corrected chi connectivity index (χ1v) is 4.90. The topological polar surface area (TPSA) is 17.1 Å². The number of carbonyl (C=O) groups is 1. The van der Waals surface area contributed by atoms with E-state index in [-0.39, 0.29) is 0 Å². The van der Waals surface area contributed by atoms with Crippen molar-refractivity contribution in [2.75, 3.05) is 0 Å². The highest BCUT2D eigenvalue weighted by Crippen LogP contribution is 2.08. The molecule has 0 rings (SSSR count). The van der Waals surface area contributed by atoms with Gasteiger partial charge in [0.15, 0.2) is 0 Å². The van der Waals surface area contributed by atoms with Gasteiger partial charge in [0.2, 0.25) is 0 Å². The lowest BCUT2D eigenvalue weighted by atomic mass is 10.1. The number of aldehydes is 1. The van der Waals surface area contributed by atoms with Crippen molar-refractivity contribution in [1.82, 2.24) is 0 Å². The molecule has 0 aromatic rings. The number of hydrogen-bond acceptors (Lipinski definition) is 1. The van der Waals surface area contributed by atoms with Gasteiger partial charge in [0.25, 0.3) is 0 Å². The molecule has 0 saturated carbocycles. The molecule has 0 aromatic heterocycles. The van der Waals surface area contributed by atoms with Gasteiger partial charge in [-0.1, -0.05) is 25.0 Å². The van der Waals surface area contributed by atoms with Gasteiger partial charge in [-0.3, -0.25) is 0 Å². The summed E-state index contributed by atoms with van der Waals surface area (Å²) in [7, 11) is 0. The molecule has 0 radical (unpaired) electrons. The number of allylic oxidation sites excluding steroid dienone is 2. The lowest BCUT2D eigenvalue weighted by Gasteiger charge is -1.98. The van der Waals surface area contributed by atoms with E-state index in [1.807, 2.05) is 0 Å². The fourth-order valence-electron chi connectivity index (χ4n) is 1.11. The molecular formula is C11H20O. The predicted octanol–water partition coefficient (Wildman–Crippen LogP) is 3.49. The Morgan fingerprint density at radius 3 is 2.58 bits per heavy atom. The highest BCUT2D eigenvalue weighted by Gasteiger charge is 1.88. The minimum atomic E-state index is 0.706. The zero-order valence-corrected chi connectivity index (χ0v) is 8.31. The molecule has 0 bridgehead atoms. The van der Waals surface area contributed by atoms with Gasteiger partial charge < -0.3 is 4.79 Å². The molecule has 0 fully saturated rings. The van der Waals surface area contributed by atoms with E-state index in [9.17, 15) is 4.79 Å². The van der Waals surface area contributed by atoms with E-state index in [1.165, 1.54) is 24.8 Å². The smallest absolute Gasteiger partial charge is 0.120 e. The summed E-state index contributed by atoms with van der Waals surface area (Å²) in [6, 6.07) is 0. The Bertz CT molecular complexity index is 136. The second-order valence-electron chi connectivity index (χ2n) is 3.25. The van der Waals surface area contributed by atoms with Gasteiger partial charge in [-0.25, -0.2) is 0 Å². The minimum absolute atomic E-state index is 0.706. The Morgan fingerprint density at radius 2 is 2.00 bits per heavy atom. The lowest BCUT2D eigenvalue weighted by Crippen LogP contribution is -1.79. The minimum Gasteiger partial charge on any atom is -0.303 e. The number of carbonyl (C=O) groups excluding carboxylic acids is 1. The van der Waals surface area contributed by atoms with E-state index in [2.05, 4.69) is 19.9 Å². The summed E-state index contributed by atoms with van der Waals surface area (Å²) in [5.74, 6) is 0. The van der Waals surface area contributed by atoms with Crippen LogP contribution in [-0.2, 0) is 4.79 Å². The number of rotatable bonds is 7. The molecule has 0 aliphatic heterocycles. The molecule has 0 aliphatic rings. The average molecular weight is 168 g/mol. The van der Waals surface area contributed by atoms with Crippen LogP contribution in [0.1, 0.15) is 52.4 Å². The molecule has 70 valence electrons. The van der Waals surface area contributed by atoms with Crippen LogP contribution in [0.2, 0.25) is 0 Å². The Hall–Kier alpha value is -0.590. The van der Waals surface area contributed by atoms with Gasteiger partial charge in [-0.2, -0.15) is 0 Å². The molecule has 0 amide bonds. The quantitative estimate of drug-likeness (QED) is 0.323. The maximum absolute atomic E-state index is 10.0. The highest BCUT2D eigenvalue weighted by atomic mass is 16.1. The van der Waals surface area contributed by atoms with Crippen LogP contribution in [0.4, 0.5) is 0 Å². The van der Waals surface area contributed by atoms with Gasteiger partial charge in [0.1, 0.15) is 6.29 Å². The summed E-state index contributed by atoms with van der Waals surface area (Å²) in [5, 5.41) is 0. The summed E-state index contributed by atoms with van der Waals surface area (Å²) in [6.45, 7) is 4.39. The Morgan fingerprint density at radius 1 is 1.25 bits per heavy atom. The largest absolute Gasteiger partial charge is 0.303 e. The third kappa shape index (κ3) is 7.52.